The molecule has 8 heteroatoms. The summed E-state index contributed by atoms with van der Waals surface area (Å²) in [6, 6.07) is 5.62. The van der Waals surface area contributed by atoms with Crippen LogP contribution in [0.5, 0.6) is 11.5 Å². The normalized spacial score (nSPS) is 10.8. The van der Waals surface area contributed by atoms with Gasteiger partial charge in [-0.15, -0.1) is 0 Å². The van der Waals surface area contributed by atoms with Gasteiger partial charge in [-0.1, -0.05) is 23.2 Å². The second kappa shape index (κ2) is 6.06. The molecule has 0 saturated heterocycles. The maximum absolute atomic E-state index is 13.2. The molecule has 0 saturated carbocycles. The van der Waals surface area contributed by atoms with Crippen LogP contribution in [0.1, 0.15) is 0 Å². The van der Waals surface area contributed by atoms with Crippen LogP contribution in [0.15, 0.2) is 30.6 Å². The highest BCUT2D eigenvalue weighted by molar-refractivity contribution is 6.37. The van der Waals surface area contributed by atoms with Crippen LogP contribution in [0.3, 0.4) is 0 Å². The molecule has 0 amide bonds. The van der Waals surface area contributed by atoms with Crippen molar-refractivity contribution < 1.29 is 14.2 Å². The van der Waals surface area contributed by atoms with E-state index in [9.17, 15) is 9.50 Å². The second-order valence-electron chi connectivity index (χ2n) is 4.62. The molecule has 118 valence electrons. The lowest BCUT2D eigenvalue weighted by atomic mass is 10.2. The number of anilines is 2. The molecule has 2 aromatic carbocycles. The lowest BCUT2D eigenvalue weighted by Crippen LogP contribution is -1.98. The first kappa shape index (κ1) is 15.6. The van der Waals surface area contributed by atoms with E-state index in [2.05, 4.69) is 15.3 Å². The Morgan fingerprint density at radius 3 is 2.70 bits per heavy atom. The summed E-state index contributed by atoms with van der Waals surface area (Å²) in [5.41, 5.74) is 0.940. The van der Waals surface area contributed by atoms with Crippen LogP contribution in [0.2, 0.25) is 10.0 Å². The molecule has 0 spiro atoms. The molecule has 23 heavy (non-hydrogen) atoms. The van der Waals surface area contributed by atoms with Gasteiger partial charge in [-0.05, 0) is 24.3 Å². The van der Waals surface area contributed by atoms with E-state index in [0.29, 0.717) is 22.4 Å². The first-order valence-electron chi connectivity index (χ1n) is 6.43. The van der Waals surface area contributed by atoms with E-state index in [1.807, 2.05) is 0 Å². The summed E-state index contributed by atoms with van der Waals surface area (Å²) in [4.78, 5) is 8.23. The number of fused-ring (bicyclic) bond motifs is 1. The fourth-order valence-corrected chi connectivity index (χ4v) is 2.64. The number of halogens is 3. The topological polar surface area (TPSA) is 67.3 Å². The third-order valence-electron chi connectivity index (χ3n) is 3.19. The zero-order chi connectivity index (χ0) is 16.6. The number of phenolic OH excluding ortho intramolecular Hbond substituents is 1. The van der Waals surface area contributed by atoms with Crippen LogP contribution in [0.4, 0.5) is 15.9 Å². The molecule has 0 atom stereocenters. The quantitative estimate of drug-likeness (QED) is 0.723. The van der Waals surface area contributed by atoms with Crippen LogP contribution < -0.4 is 10.1 Å². The molecule has 0 unspecified atom stereocenters. The van der Waals surface area contributed by atoms with Crippen molar-refractivity contribution in [2.24, 2.45) is 0 Å². The summed E-state index contributed by atoms with van der Waals surface area (Å²) in [5, 5.41) is 13.6. The predicted molar refractivity (Wildman–Crippen MR) is 87.5 cm³/mol. The van der Waals surface area contributed by atoms with Crippen molar-refractivity contribution in [1.82, 2.24) is 9.97 Å². The average molecular weight is 354 g/mol. The Labute approximate surface area is 140 Å². The van der Waals surface area contributed by atoms with E-state index in [1.165, 1.54) is 37.7 Å². The van der Waals surface area contributed by atoms with Gasteiger partial charge in [-0.3, -0.25) is 0 Å². The fraction of sp³-hybridized carbons (Fsp3) is 0.0667. The van der Waals surface area contributed by atoms with Gasteiger partial charge >= 0.3 is 0 Å². The number of nitrogens with one attached hydrogen (secondary N) is 1. The standard InChI is InChI=1S/C15H10Cl2FN3O2/c1-23-14-11(22)5-8-13(12(14)17)19-6-20-15(8)21-7-2-3-10(18)9(16)4-7/h2-6,22H,1H3,(H,19,20,21). The Kier molecular flexibility index (Phi) is 4.11. The molecule has 3 aromatic rings. The van der Waals surface area contributed by atoms with Crippen molar-refractivity contribution in [3.63, 3.8) is 0 Å². The van der Waals surface area contributed by atoms with Crippen LogP contribution >= 0.6 is 23.2 Å². The number of hydrogen-bond donors (Lipinski definition) is 2. The minimum absolute atomic E-state index is 0.0177. The van der Waals surface area contributed by atoms with Gasteiger partial charge in [0.25, 0.3) is 0 Å². The molecule has 2 N–H and O–H groups in total. The monoisotopic (exact) mass is 353 g/mol. The van der Waals surface area contributed by atoms with Crippen LogP contribution in [-0.4, -0.2) is 22.2 Å². The summed E-state index contributed by atoms with van der Waals surface area (Å²) >= 11 is 12.0. The first-order valence-corrected chi connectivity index (χ1v) is 7.19. The number of phenols is 1. The molecular weight excluding hydrogens is 344 g/mol. The van der Waals surface area contributed by atoms with Gasteiger partial charge in [0.2, 0.25) is 0 Å². The summed E-state index contributed by atoms with van der Waals surface area (Å²) in [5.74, 6) is -0.138. The Hall–Kier alpha value is -2.31. The van der Waals surface area contributed by atoms with Crippen LogP contribution in [0, 0.1) is 5.82 Å². The van der Waals surface area contributed by atoms with E-state index in [4.69, 9.17) is 27.9 Å². The van der Waals surface area contributed by atoms with Crippen molar-refractivity contribution >= 4 is 45.6 Å². The zero-order valence-electron chi connectivity index (χ0n) is 11.8. The number of ether oxygens (including phenoxy) is 1. The van der Waals surface area contributed by atoms with Crippen molar-refractivity contribution in [1.29, 1.82) is 0 Å². The summed E-state index contributed by atoms with van der Waals surface area (Å²) in [6.07, 6.45) is 1.32. The number of benzene rings is 2. The highest BCUT2D eigenvalue weighted by Gasteiger charge is 2.16. The molecule has 1 heterocycles. The number of nitrogens with zero attached hydrogens (tertiary/aromatic N) is 2. The maximum Gasteiger partial charge on any atom is 0.181 e. The highest BCUT2D eigenvalue weighted by Crippen LogP contribution is 2.41. The SMILES string of the molecule is COc1c(O)cc2c(Nc3ccc(F)c(Cl)c3)ncnc2c1Cl. The van der Waals surface area contributed by atoms with Gasteiger partial charge in [0.05, 0.1) is 17.6 Å². The molecule has 0 fully saturated rings. The number of aromatic hydroxyl groups is 1. The smallest absolute Gasteiger partial charge is 0.181 e. The van der Waals surface area contributed by atoms with Crippen molar-refractivity contribution in [3.8, 4) is 11.5 Å². The number of hydrogen-bond acceptors (Lipinski definition) is 5. The van der Waals surface area contributed by atoms with Crippen LogP contribution in [-0.2, 0) is 0 Å². The molecule has 0 radical (unpaired) electrons. The lowest BCUT2D eigenvalue weighted by molar-refractivity contribution is 0.374. The van der Waals surface area contributed by atoms with E-state index < -0.39 is 5.82 Å². The molecular formula is C15H10Cl2FN3O2. The number of methoxy groups -OCH3 is 1. The summed E-state index contributed by atoms with van der Waals surface area (Å²) in [6.45, 7) is 0. The van der Waals surface area contributed by atoms with E-state index in [1.54, 1.807) is 0 Å². The largest absolute Gasteiger partial charge is 0.504 e. The Morgan fingerprint density at radius 2 is 2.00 bits per heavy atom. The maximum atomic E-state index is 13.2. The molecule has 1 aromatic heterocycles. The third-order valence-corrected chi connectivity index (χ3v) is 3.83. The number of aromatic nitrogens is 2. The Balaban J connectivity index is 2.12. The lowest BCUT2D eigenvalue weighted by Gasteiger charge is -2.12. The molecule has 0 aliphatic rings. The predicted octanol–water partition coefficient (Wildman–Crippen LogP) is 4.53. The zero-order valence-corrected chi connectivity index (χ0v) is 13.3. The molecule has 0 aliphatic carbocycles. The Morgan fingerprint density at radius 1 is 1.22 bits per heavy atom. The highest BCUT2D eigenvalue weighted by atomic mass is 35.5. The molecule has 0 bridgehead atoms. The third kappa shape index (κ3) is 2.83. The van der Waals surface area contributed by atoms with Gasteiger partial charge in [0.1, 0.15) is 23.0 Å². The minimum Gasteiger partial charge on any atom is -0.504 e. The van der Waals surface area contributed by atoms with E-state index >= 15 is 0 Å². The minimum atomic E-state index is -0.518. The Bertz CT molecular complexity index is 906. The van der Waals surface area contributed by atoms with E-state index in [0.717, 1.165) is 0 Å². The molecule has 3 rings (SSSR count). The van der Waals surface area contributed by atoms with Gasteiger partial charge < -0.3 is 15.2 Å². The average Bonchev–Trinajstić information content (AvgIpc) is 2.52. The second-order valence-corrected chi connectivity index (χ2v) is 5.40. The fourth-order valence-electron chi connectivity index (χ4n) is 2.13. The first-order chi connectivity index (χ1) is 11.0. The summed E-state index contributed by atoms with van der Waals surface area (Å²) in [7, 11) is 1.40. The number of rotatable bonds is 3. The van der Waals surface area contributed by atoms with Gasteiger partial charge in [0, 0.05) is 11.1 Å². The van der Waals surface area contributed by atoms with Gasteiger partial charge in [0.15, 0.2) is 11.5 Å². The van der Waals surface area contributed by atoms with Crippen molar-refractivity contribution in [3.05, 3.63) is 46.5 Å². The molecule has 0 aliphatic heterocycles. The van der Waals surface area contributed by atoms with Crippen molar-refractivity contribution in [2.75, 3.05) is 12.4 Å². The molecule has 5 nitrogen and oxygen atoms in total. The van der Waals surface area contributed by atoms with Crippen LogP contribution in [0.25, 0.3) is 10.9 Å². The van der Waals surface area contributed by atoms with E-state index in [-0.39, 0.29) is 21.5 Å². The van der Waals surface area contributed by atoms with Crippen molar-refractivity contribution in [2.45, 2.75) is 0 Å². The van der Waals surface area contributed by atoms with Gasteiger partial charge in [-0.2, -0.15) is 0 Å². The van der Waals surface area contributed by atoms with Gasteiger partial charge in [-0.25, -0.2) is 14.4 Å². The summed E-state index contributed by atoms with van der Waals surface area (Å²) < 4.78 is 18.3.